The van der Waals surface area contributed by atoms with Crippen molar-refractivity contribution in [2.24, 2.45) is 0 Å². The number of aromatic nitrogens is 2. The Bertz CT molecular complexity index is 431. The van der Waals surface area contributed by atoms with Crippen LogP contribution in [-0.4, -0.2) is 10.2 Å². The summed E-state index contributed by atoms with van der Waals surface area (Å²) in [5.74, 6) is 0. The summed E-state index contributed by atoms with van der Waals surface area (Å²) in [7, 11) is 0. The molecule has 1 N–H and O–H groups in total. The summed E-state index contributed by atoms with van der Waals surface area (Å²) in [6.07, 6.45) is 0. The number of nitrogens with zero attached hydrogens (tertiary/aromatic N) is 1. The Hall–Kier alpha value is -0.960. The molecule has 0 atom stereocenters. The van der Waals surface area contributed by atoms with Gasteiger partial charge in [-0.2, -0.15) is 5.10 Å². The highest BCUT2D eigenvalue weighted by atomic mass is 32.1. The third-order valence-corrected chi connectivity index (χ3v) is 2.66. The SMILES string of the molecule is Cc1ccc2c(C)[nH]nc2c1S. The second-order valence-electron chi connectivity index (χ2n) is 2.98. The molecule has 12 heavy (non-hydrogen) atoms. The van der Waals surface area contributed by atoms with Crippen LogP contribution in [0, 0.1) is 13.8 Å². The van der Waals surface area contributed by atoms with E-state index >= 15 is 0 Å². The molecule has 1 aromatic heterocycles. The monoisotopic (exact) mass is 178 g/mol. The molecule has 0 bridgehead atoms. The molecule has 1 aromatic carbocycles. The van der Waals surface area contributed by atoms with Gasteiger partial charge in [-0.3, -0.25) is 5.10 Å². The summed E-state index contributed by atoms with van der Waals surface area (Å²) in [6, 6.07) is 4.14. The fourth-order valence-corrected chi connectivity index (χ4v) is 1.54. The standard InChI is InChI=1S/C9H10N2S/c1-5-3-4-7-6(2)10-11-8(7)9(5)12/h3-4,12H,1-2H3,(H,10,11). The van der Waals surface area contributed by atoms with Crippen molar-refractivity contribution in [3.8, 4) is 0 Å². The van der Waals surface area contributed by atoms with Gasteiger partial charge in [-0.15, -0.1) is 12.6 Å². The normalized spacial score (nSPS) is 10.9. The van der Waals surface area contributed by atoms with Gasteiger partial charge in [0.2, 0.25) is 0 Å². The van der Waals surface area contributed by atoms with Gasteiger partial charge in [-0.1, -0.05) is 12.1 Å². The molecule has 0 radical (unpaired) electrons. The smallest absolute Gasteiger partial charge is 0.106 e. The zero-order valence-electron chi connectivity index (χ0n) is 7.05. The summed E-state index contributed by atoms with van der Waals surface area (Å²) < 4.78 is 0. The van der Waals surface area contributed by atoms with Crippen LogP contribution in [0.3, 0.4) is 0 Å². The van der Waals surface area contributed by atoms with E-state index < -0.39 is 0 Å². The maximum absolute atomic E-state index is 4.39. The summed E-state index contributed by atoms with van der Waals surface area (Å²) >= 11 is 4.39. The number of rotatable bonds is 0. The van der Waals surface area contributed by atoms with Gasteiger partial charge in [-0.25, -0.2) is 0 Å². The number of aromatic amines is 1. The highest BCUT2D eigenvalue weighted by molar-refractivity contribution is 7.80. The van der Waals surface area contributed by atoms with Crippen LogP contribution >= 0.6 is 12.6 Å². The number of H-pyrrole nitrogens is 1. The molecule has 62 valence electrons. The van der Waals surface area contributed by atoms with Gasteiger partial charge in [0, 0.05) is 16.0 Å². The van der Waals surface area contributed by atoms with Crippen LogP contribution in [0.1, 0.15) is 11.3 Å². The average Bonchev–Trinajstić information content (AvgIpc) is 2.41. The lowest BCUT2D eigenvalue weighted by Gasteiger charge is -1.97. The van der Waals surface area contributed by atoms with Crippen LogP contribution in [0.5, 0.6) is 0 Å². The topological polar surface area (TPSA) is 28.7 Å². The van der Waals surface area contributed by atoms with Crippen LogP contribution in [-0.2, 0) is 0 Å². The Balaban J connectivity index is 2.93. The van der Waals surface area contributed by atoms with Gasteiger partial charge in [0.15, 0.2) is 0 Å². The second kappa shape index (κ2) is 2.52. The van der Waals surface area contributed by atoms with Gasteiger partial charge in [-0.05, 0) is 19.4 Å². The molecule has 0 saturated carbocycles. The number of aryl methyl sites for hydroxylation is 2. The van der Waals surface area contributed by atoms with Crippen molar-refractivity contribution in [2.75, 3.05) is 0 Å². The third-order valence-electron chi connectivity index (χ3n) is 2.09. The molecule has 0 spiro atoms. The first-order valence-electron chi connectivity index (χ1n) is 3.83. The van der Waals surface area contributed by atoms with E-state index in [0.717, 1.165) is 27.1 Å². The molecule has 1 heterocycles. The Morgan fingerprint density at radius 3 is 2.83 bits per heavy atom. The maximum atomic E-state index is 4.39. The van der Waals surface area contributed by atoms with Gasteiger partial charge in [0.1, 0.15) is 5.52 Å². The molecular weight excluding hydrogens is 168 g/mol. The number of hydrogen-bond acceptors (Lipinski definition) is 2. The van der Waals surface area contributed by atoms with Gasteiger partial charge < -0.3 is 0 Å². The van der Waals surface area contributed by atoms with E-state index in [1.807, 2.05) is 13.8 Å². The Morgan fingerprint density at radius 2 is 2.08 bits per heavy atom. The van der Waals surface area contributed by atoms with Crippen LogP contribution in [0.4, 0.5) is 0 Å². The molecule has 0 unspecified atom stereocenters. The minimum absolute atomic E-state index is 0.968. The van der Waals surface area contributed by atoms with Crippen molar-refractivity contribution < 1.29 is 0 Å². The van der Waals surface area contributed by atoms with E-state index in [2.05, 4.69) is 35.0 Å². The third kappa shape index (κ3) is 0.932. The lowest BCUT2D eigenvalue weighted by molar-refractivity contribution is 1.06. The Kier molecular flexibility index (Phi) is 1.61. The van der Waals surface area contributed by atoms with Crippen LogP contribution in [0.25, 0.3) is 10.9 Å². The zero-order chi connectivity index (χ0) is 8.72. The quantitative estimate of drug-likeness (QED) is 0.596. The molecule has 2 nitrogen and oxygen atoms in total. The van der Waals surface area contributed by atoms with E-state index in [1.165, 1.54) is 0 Å². The van der Waals surface area contributed by atoms with Crippen molar-refractivity contribution in [2.45, 2.75) is 18.7 Å². The molecule has 0 fully saturated rings. The van der Waals surface area contributed by atoms with Gasteiger partial charge >= 0.3 is 0 Å². The lowest BCUT2D eigenvalue weighted by atomic mass is 10.1. The molecule has 2 rings (SSSR count). The van der Waals surface area contributed by atoms with E-state index in [1.54, 1.807) is 0 Å². The largest absolute Gasteiger partial charge is 0.282 e. The molecule has 2 aromatic rings. The highest BCUT2D eigenvalue weighted by Crippen LogP contribution is 2.24. The van der Waals surface area contributed by atoms with Crippen LogP contribution in [0.2, 0.25) is 0 Å². The summed E-state index contributed by atoms with van der Waals surface area (Å²) in [4.78, 5) is 0.969. The van der Waals surface area contributed by atoms with Crippen molar-refractivity contribution >= 4 is 23.5 Å². The van der Waals surface area contributed by atoms with Crippen LogP contribution in [0.15, 0.2) is 17.0 Å². The molecule has 0 aliphatic rings. The number of nitrogens with one attached hydrogen (secondary N) is 1. The first kappa shape index (κ1) is 7.68. The van der Waals surface area contributed by atoms with E-state index in [-0.39, 0.29) is 0 Å². The zero-order valence-corrected chi connectivity index (χ0v) is 7.94. The molecule has 0 amide bonds. The maximum Gasteiger partial charge on any atom is 0.106 e. The Morgan fingerprint density at radius 1 is 1.33 bits per heavy atom. The Labute approximate surface area is 76.4 Å². The molecular formula is C9H10N2S. The first-order valence-corrected chi connectivity index (χ1v) is 4.28. The van der Waals surface area contributed by atoms with Gasteiger partial charge in [0.05, 0.1) is 0 Å². The molecule has 0 saturated heterocycles. The number of benzene rings is 1. The number of fused-ring (bicyclic) bond motifs is 1. The van der Waals surface area contributed by atoms with Crippen molar-refractivity contribution in [1.29, 1.82) is 0 Å². The van der Waals surface area contributed by atoms with E-state index in [0.29, 0.717) is 0 Å². The number of thiol groups is 1. The minimum atomic E-state index is 0.968. The number of hydrogen-bond donors (Lipinski definition) is 2. The molecule has 0 aliphatic carbocycles. The van der Waals surface area contributed by atoms with Gasteiger partial charge in [0.25, 0.3) is 0 Å². The van der Waals surface area contributed by atoms with Crippen molar-refractivity contribution in [3.63, 3.8) is 0 Å². The second-order valence-corrected chi connectivity index (χ2v) is 3.42. The summed E-state index contributed by atoms with van der Waals surface area (Å²) in [5, 5.41) is 8.28. The van der Waals surface area contributed by atoms with E-state index in [4.69, 9.17) is 0 Å². The molecule has 0 aliphatic heterocycles. The van der Waals surface area contributed by atoms with E-state index in [9.17, 15) is 0 Å². The van der Waals surface area contributed by atoms with Crippen molar-refractivity contribution in [3.05, 3.63) is 23.4 Å². The van der Waals surface area contributed by atoms with Crippen LogP contribution < -0.4 is 0 Å². The lowest BCUT2D eigenvalue weighted by Crippen LogP contribution is -1.78. The average molecular weight is 178 g/mol. The summed E-state index contributed by atoms with van der Waals surface area (Å²) in [5.41, 5.74) is 3.23. The minimum Gasteiger partial charge on any atom is -0.282 e. The first-order chi connectivity index (χ1) is 5.70. The summed E-state index contributed by atoms with van der Waals surface area (Å²) in [6.45, 7) is 4.05. The predicted molar refractivity (Wildman–Crippen MR) is 52.8 cm³/mol. The molecule has 3 heteroatoms. The fraction of sp³-hybridized carbons (Fsp3) is 0.222. The highest BCUT2D eigenvalue weighted by Gasteiger charge is 2.05. The fourth-order valence-electron chi connectivity index (χ4n) is 1.30. The van der Waals surface area contributed by atoms with Crippen molar-refractivity contribution in [1.82, 2.24) is 10.2 Å². The predicted octanol–water partition coefficient (Wildman–Crippen LogP) is 2.47.